The average molecular weight is 470 g/mol. The topological polar surface area (TPSA) is 149 Å². The Morgan fingerprint density at radius 2 is 1.74 bits per heavy atom. The van der Waals surface area contributed by atoms with E-state index in [1.807, 2.05) is 0 Å². The van der Waals surface area contributed by atoms with Crippen LogP contribution in [0.4, 0.5) is 5.82 Å². The number of anilines is 1. The Kier molecular flexibility index (Phi) is 7.79. The number of carbonyl (C=O) groups is 3. The molecule has 0 spiro atoms. The quantitative estimate of drug-likeness (QED) is 0.325. The molecule has 180 valence electrons. The average Bonchev–Trinajstić information content (AvgIpc) is 2.79. The van der Waals surface area contributed by atoms with Gasteiger partial charge >= 0.3 is 5.97 Å². The predicted molar refractivity (Wildman–Crippen MR) is 123 cm³/mol. The van der Waals surface area contributed by atoms with Crippen LogP contribution in [0.15, 0.2) is 42.0 Å². The van der Waals surface area contributed by atoms with E-state index in [-0.39, 0.29) is 23.1 Å². The zero-order chi connectivity index (χ0) is 24.8. The number of hydrogen-bond acceptors (Lipinski definition) is 10. The molecule has 0 aliphatic heterocycles. The Balaban J connectivity index is 1.86. The maximum absolute atomic E-state index is 12.7. The number of aliphatic carboxylic acids is 1. The fraction of sp³-hybridized carbons (Fsp3) is 0.348. The van der Waals surface area contributed by atoms with Crippen LogP contribution >= 0.6 is 0 Å². The van der Waals surface area contributed by atoms with Crippen molar-refractivity contribution in [1.29, 1.82) is 0 Å². The minimum absolute atomic E-state index is 0.00800. The van der Waals surface area contributed by atoms with E-state index in [2.05, 4.69) is 20.6 Å². The summed E-state index contributed by atoms with van der Waals surface area (Å²) in [6, 6.07) is 2.33. The third-order valence-electron chi connectivity index (χ3n) is 5.04. The molecule has 0 bridgehead atoms. The van der Waals surface area contributed by atoms with Crippen LogP contribution in [0.1, 0.15) is 13.8 Å². The van der Waals surface area contributed by atoms with Crippen molar-refractivity contribution < 1.29 is 33.7 Å². The summed E-state index contributed by atoms with van der Waals surface area (Å²) in [5.74, 6) is -1.26. The summed E-state index contributed by atoms with van der Waals surface area (Å²) in [5, 5.41) is 15.4. The number of rotatable bonds is 11. The van der Waals surface area contributed by atoms with Gasteiger partial charge in [0.1, 0.15) is 24.8 Å². The molecule has 2 aromatic rings. The molecule has 1 atom stereocenters. The van der Waals surface area contributed by atoms with Crippen LogP contribution in [0.5, 0.6) is 11.5 Å². The van der Waals surface area contributed by atoms with Gasteiger partial charge in [0.2, 0.25) is 11.6 Å². The first-order chi connectivity index (χ1) is 16.2. The number of benzene rings is 1. The van der Waals surface area contributed by atoms with Crippen LogP contribution in [0.25, 0.3) is 10.9 Å². The second kappa shape index (κ2) is 10.8. The Morgan fingerprint density at radius 1 is 1.03 bits per heavy atom. The third kappa shape index (κ3) is 5.49. The van der Waals surface area contributed by atoms with Crippen molar-refractivity contribution in [3.63, 3.8) is 0 Å². The first-order valence-corrected chi connectivity index (χ1v) is 10.5. The van der Waals surface area contributed by atoms with Crippen molar-refractivity contribution in [2.24, 2.45) is 5.92 Å². The van der Waals surface area contributed by atoms with Crippen molar-refractivity contribution in [2.75, 3.05) is 32.8 Å². The Hall–Kier alpha value is -3.99. The normalized spacial score (nSPS) is 14.5. The summed E-state index contributed by atoms with van der Waals surface area (Å²) in [4.78, 5) is 45.1. The molecule has 0 radical (unpaired) electrons. The molecule has 1 aromatic heterocycles. The lowest BCUT2D eigenvalue weighted by Crippen LogP contribution is -2.42. The van der Waals surface area contributed by atoms with E-state index >= 15 is 0 Å². The molecule has 0 amide bonds. The second-order valence-corrected chi connectivity index (χ2v) is 7.76. The number of hydrogen-bond donors (Lipinski definition) is 3. The fourth-order valence-electron chi connectivity index (χ4n) is 3.25. The summed E-state index contributed by atoms with van der Waals surface area (Å²) in [6.07, 6.45) is 3.50. The van der Waals surface area contributed by atoms with E-state index in [0.717, 1.165) is 12.2 Å². The lowest BCUT2D eigenvalue weighted by Gasteiger charge is -2.22. The van der Waals surface area contributed by atoms with Gasteiger partial charge < -0.3 is 30.0 Å². The zero-order valence-corrected chi connectivity index (χ0v) is 19.2. The third-order valence-corrected chi connectivity index (χ3v) is 5.04. The van der Waals surface area contributed by atoms with Crippen LogP contribution in [0.3, 0.4) is 0 Å². The summed E-state index contributed by atoms with van der Waals surface area (Å²) >= 11 is 0. The van der Waals surface area contributed by atoms with Gasteiger partial charge in [0.05, 0.1) is 30.6 Å². The van der Waals surface area contributed by atoms with Gasteiger partial charge in [-0.25, -0.2) is 14.8 Å². The number of carboxylic acid groups (broad SMARTS) is 1. The molecule has 0 saturated heterocycles. The Bertz CT molecular complexity index is 1170. The first kappa shape index (κ1) is 24.6. The molecule has 3 N–H and O–H groups in total. The molecule has 1 aliphatic carbocycles. The highest BCUT2D eigenvalue weighted by atomic mass is 16.5. The highest BCUT2D eigenvalue weighted by Crippen LogP contribution is 2.34. The van der Waals surface area contributed by atoms with Crippen molar-refractivity contribution >= 4 is 34.3 Å². The minimum atomic E-state index is -1.11. The maximum atomic E-state index is 12.7. The smallest absolute Gasteiger partial charge is 0.326 e. The van der Waals surface area contributed by atoms with Crippen molar-refractivity contribution in [3.8, 4) is 11.5 Å². The van der Waals surface area contributed by atoms with Gasteiger partial charge in [-0.3, -0.25) is 9.59 Å². The van der Waals surface area contributed by atoms with Gasteiger partial charge in [-0.15, -0.1) is 0 Å². The largest absolute Gasteiger partial charge is 0.493 e. The standard InChI is InChI=1S/C23H26N4O7/c1-12(2)21(23(30)31)26-15-8-18(29)16(9-17(15)28)27-22-13-7-19(33-4)20(34-6-5-32-3)10-14(13)24-11-25-22/h7-12,21,26H,5-6H2,1-4H3,(H,30,31)(H,24,25,27)/t21-/m0/s1. The maximum Gasteiger partial charge on any atom is 0.326 e. The molecule has 34 heavy (non-hydrogen) atoms. The van der Waals surface area contributed by atoms with Gasteiger partial charge in [0.25, 0.3) is 0 Å². The molecule has 1 aromatic carbocycles. The number of allylic oxidation sites excluding steroid dienone is 2. The lowest BCUT2D eigenvalue weighted by molar-refractivity contribution is -0.140. The molecule has 11 nitrogen and oxygen atoms in total. The zero-order valence-electron chi connectivity index (χ0n) is 19.2. The highest BCUT2D eigenvalue weighted by Gasteiger charge is 2.27. The van der Waals surface area contributed by atoms with E-state index in [1.54, 1.807) is 33.1 Å². The van der Waals surface area contributed by atoms with Crippen molar-refractivity contribution in [2.45, 2.75) is 19.9 Å². The Morgan fingerprint density at radius 3 is 2.38 bits per heavy atom. The number of nitrogens with one attached hydrogen (secondary N) is 2. The molecule has 0 unspecified atom stereocenters. The van der Waals surface area contributed by atoms with Gasteiger partial charge in [-0.2, -0.15) is 0 Å². The van der Waals surface area contributed by atoms with Crippen LogP contribution in [0.2, 0.25) is 0 Å². The molecule has 11 heteroatoms. The number of fused-ring (bicyclic) bond motifs is 1. The van der Waals surface area contributed by atoms with E-state index < -0.39 is 23.6 Å². The van der Waals surface area contributed by atoms with Gasteiger partial charge in [0, 0.05) is 30.7 Å². The molecule has 0 fully saturated rings. The van der Waals surface area contributed by atoms with E-state index in [4.69, 9.17) is 14.2 Å². The molecule has 1 aliphatic rings. The number of methoxy groups -OCH3 is 2. The first-order valence-electron chi connectivity index (χ1n) is 10.5. The minimum Gasteiger partial charge on any atom is -0.493 e. The number of carboxylic acids is 1. The van der Waals surface area contributed by atoms with E-state index in [0.29, 0.717) is 35.6 Å². The second-order valence-electron chi connectivity index (χ2n) is 7.76. The highest BCUT2D eigenvalue weighted by molar-refractivity contribution is 6.21. The summed E-state index contributed by atoms with van der Waals surface area (Å²) in [6.45, 7) is 4.12. The fourth-order valence-corrected chi connectivity index (χ4v) is 3.25. The number of nitrogens with zero attached hydrogens (tertiary/aromatic N) is 2. The Labute approximate surface area is 195 Å². The van der Waals surface area contributed by atoms with Crippen LogP contribution < -0.4 is 20.1 Å². The van der Waals surface area contributed by atoms with Crippen LogP contribution in [-0.4, -0.2) is 66.1 Å². The van der Waals surface area contributed by atoms with Crippen molar-refractivity contribution in [3.05, 3.63) is 42.0 Å². The van der Waals surface area contributed by atoms with E-state index in [9.17, 15) is 19.5 Å². The SMILES string of the molecule is COCCOc1cc2ncnc(NC3=CC(=O)C(N[C@H](C(=O)O)C(C)C)=CC3=O)c2cc1OC. The summed E-state index contributed by atoms with van der Waals surface area (Å²) in [5.41, 5.74) is 0.440. The van der Waals surface area contributed by atoms with Gasteiger partial charge in [-0.05, 0) is 12.0 Å². The number of ketones is 2. The predicted octanol–water partition coefficient (Wildman–Crippen LogP) is 1.69. The number of aromatic nitrogens is 2. The summed E-state index contributed by atoms with van der Waals surface area (Å²) < 4.78 is 16.1. The van der Waals surface area contributed by atoms with Crippen molar-refractivity contribution in [1.82, 2.24) is 15.3 Å². The van der Waals surface area contributed by atoms with E-state index in [1.165, 1.54) is 13.4 Å². The number of ether oxygens (including phenoxy) is 3. The monoisotopic (exact) mass is 470 g/mol. The van der Waals surface area contributed by atoms with Gasteiger partial charge in [0.15, 0.2) is 11.5 Å². The van der Waals surface area contributed by atoms with Crippen LogP contribution in [0, 0.1) is 5.92 Å². The van der Waals surface area contributed by atoms with Crippen LogP contribution in [-0.2, 0) is 19.1 Å². The lowest BCUT2D eigenvalue weighted by atomic mass is 10.0. The summed E-state index contributed by atoms with van der Waals surface area (Å²) in [7, 11) is 3.06. The van der Waals surface area contributed by atoms with Gasteiger partial charge in [-0.1, -0.05) is 13.8 Å². The molecule has 0 saturated carbocycles. The molecular weight excluding hydrogens is 444 g/mol. The molecular formula is C23H26N4O7. The molecule has 3 rings (SSSR count). The number of carbonyl (C=O) groups excluding carboxylic acids is 2. The molecule has 1 heterocycles.